The Morgan fingerprint density at radius 1 is 1.33 bits per heavy atom. The van der Waals surface area contributed by atoms with E-state index in [0.29, 0.717) is 16.8 Å². The van der Waals surface area contributed by atoms with E-state index < -0.39 is 0 Å². The maximum Gasteiger partial charge on any atom is 0.141 e. The van der Waals surface area contributed by atoms with Gasteiger partial charge in [-0.25, -0.2) is 4.39 Å². The summed E-state index contributed by atoms with van der Waals surface area (Å²) in [6.45, 7) is 0.708. The fraction of sp³-hybridized carbons (Fsp3) is 0.250. The highest BCUT2D eigenvalue weighted by Crippen LogP contribution is 2.35. The van der Waals surface area contributed by atoms with Crippen molar-refractivity contribution in [3.63, 3.8) is 0 Å². The summed E-state index contributed by atoms with van der Waals surface area (Å²) >= 11 is 3.19. The molecule has 0 amide bonds. The van der Waals surface area contributed by atoms with Gasteiger partial charge in [-0.05, 0) is 39.2 Å². The number of hydrogen-bond acceptors (Lipinski definition) is 3. The molecule has 3 nitrogen and oxygen atoms in total. The van der Waals surface area contributed by atoms with Crippen LogP contribution >= 0.6 is 15.9 Å². The Balaban J connectivity index is 2.02. The summed E-state index contributed by atoms with van der Waals surface area (Å²) in [6, 6.07) is 8.54. The Bertz CT molecular complexity index is 690. The summed E-state index contributed by atoms with van der Waals surface area (Å²) in [5, 5.41) is 0. The van der Waals surface area contributed by atoms with Crippen LogP contribution in [0, 0.1) is 5.82 Å². The maximum absolute atomic E-state index is 13.6. The van der Waals surface area contributed by atoms with Gasteiger partial charge >= 0.3 is 0 Å². The van der Waals surface area contributed by atoms with E-state index in [1.54, 1.807) is 6.07 Å². The first-order valence-electron chi connectivity index (χ1n) is 6.64. The number of methoxy groups -OCH3 is 1. The van der Waals surface area contributed by atoms with E-state index in [0.717, 1.165) is 28.9 Å². The molecule has 0 spiro atoms. The zero-order chi connectivity index (χ0) is 15.0. The summed E-state index contributed by atoms with van der Waals surface area (Å²) in [5.74, 6) is 0.989. The molecule has 1 heterocycles. The minimum Gasteiger partial charge on any atom is -0.496 e. The molecule has 1 atom stereocenters. The van der Waals surface area contributed by atoms with Gasteiger partial charge in [-0.1, -0.05) is 12.1 Å². The van der Waals surface area contributed by atoms with Crippen molar-refractivity contribution in [3.8, 4) is 11.5 Å². The molecular weight excluding hydrogens is 337 g/mol. The van der Waals surface area contributed by atoms with E-state index in [4.69, 9.17) is 15.2 Å². The van der Waals surface area contributed by atoms with Crippen LogP contribution in [-0.2, 0) is 6.42 Å². The van der Waals surface area contributed by atoms with Crippen molar-refractivity contribution < 1.29 is 13.9 Å². The highest BCUT2D eigenvalue weighted by atomic mass is 79.9. The van der Waals surface area contributed by atoms with E-state index in [2.05, 4.69) is 15.9 Å². The highest BCUT2D eigenvalue weighted by Gasteiger charge is 2.19. The van der Waals surface area contributed by atoms with E-state index >= 15 is 0 Å². The predicted molar refractivity (Wildman–Crippen MR) is 82.3 cm³/mol. The fourth-order valence-electron chi connectivity index (χ4n) is 2.54. The summed E-state index contributed by atoms with van der Waals surface area (Å²) in [6.07, 6.45) is 0.889. The number of rotatable bonds is 3. The molecule has 0 saturated heterocycles. The van der Waals surface area contributed by atoms with Gasteiger partial charge in [0.2, 0.25) is 0 Å². The second kappa shape index (κ2) is 5.66. The van der Waals surface area contributed by atoms with Crippen molar-refractivity contribution in [2.45, 2.75) is 12.5 Å². The molecule has 110 valence electrons. The average molecular weight is 352 g/mol. The predicted octanol–water partition coefficient (Wildman–Crippen LogP) is 3.58. The number of hydrogen-bond donors (Lipinski definition) is 1. The van der Waals surface area contributed by atoms with Crippen LogP contribution in [0.1, 0.15) is 22.7 Å². The van der Waals surface area contributed by atoms with Crippen LogP contribution in [0.4, 0.5) is 4.39 Å². The Kier molecular flexibility index (Phi) is 3.87. The SMILES string of the molecule is COc1cc(F)c(Br)cc1C(N)c1ccc2c(c1)CCO2. The Labute approximate surface area is 131 Å². The van der Waals surface area contributed by atoms with Gasteiger partial charge in [-0.2, -0.15) is 0 Å². The van der Waals surface area contributed by atoms with Crippen molar-refractivity contribution in [3.05, 3.63) is 57.3 Å². The van der Waals surface area contributed by atoms with Gasteiger partial charge in [0.15, 0.2) is 0 Å². The smallest absolute Gasteiger partial charge is 0.141 e. The maximum atomic E-state index is 13.6. The number of nitrogens with two attached hydrogens (primary N) is 1. The lowest BCUT2D eigenvalue weighted by atomic mass is 9.96. The standard InChI is InChI=1S/C16H15BrFNO2/c1-20-15-8-13(18)12(17)7-11(15)16(19)10-2-3-14-9(6-10)4-5-21-14/h2-3,6-8,16H,4-5,19H2,1H3. The van der Waals surface area contributed by atoms with Gasteiger partial charge in [0.05, 0.1) is 24.2 Å². The molecule has 1 aliphatic rings. The van der Waals surface area contributed by atoms with E-state index in [1.165, 1.54) is 13.2 Å². The zero-order valence-corrected chi connectivity index (χ0v) is 13.1. The summed E-state index contributed by atoms with van der Waals surface area (Å²) in [5.41, 5.74) is 9.19. The lowest BCUT2D eigenvalue weighted by Crippen LogP contribution is -2.13. The molecule has 0 fully saturated rings. The number of ether oxygens (including phenoxy) is 2. The molecule has 0 aromatic heterocycles. The van der Waals surface area contributed by atoms with Gasteiger partial charge in [-0.3, -0.25) is 0 Å². The molecule has 0 bridgehead atoms. The van der Waals surface area contributed by atoms with Gasteiger partial charge in [0, 0.05) is 18.1 Å². The normalized spacial score (nSPS) is 14.5. The lowest BCUT2D eigenvalue weighted by molar-refractivity contribution is 0.357. The third kappa shape index (κ3) is 2.63. The molecular formula is C16H15BrFNO2. The molecule has 0 radical (unpaired) electrons. The van der Waals surface area contributed by atoms with Crippen LogP contribution in [-0.4, -0.2) is 13.7 Å². The second-order valence-corrected chi connectivity index (χ2v) is 5.81. The zero-order valence-electron chi connectivity index (χ0n) is 11.5. The quantitative estimate of drug-likeness (QED) is 0.918. The lowest BCUT2D eigenvalue weighted by Gasteiger charge is -2.17. The van der Waals surface area contributed by atoms with Gasteiger partial charge in [0.1, 0.15) is 17.3 Å². The Morgan fingerprint density at radius 2 is 2.14 bits per heavy atom. The molecule has 0 aliphatic carbocycles. The minimum absolute atomic E-state index is 0.370. The topological polar surface area (TPSA) is 44.5 Å². The minimum atomic E-state index is -0.386. The van der Waals surface area contributed by atoms with Crippen molar-refractivity contribution in [1.29, 1.82) is 0 Å². The van der Waals surface area contributed by atoms with Crippen LogP contribution in [0.25, 0.3) is 0 Å². The fourth-order valence-corrected chi connectivity index (χ4v) is 2.90. The third-order valence-corrected chi connectivity index (χ3v) is 4.29. The van der Waals surface area contributed by atoms with Crippen molar-refractivity contribution >= 4 is 15.9 Å². The third-order valence-electron chi connectivity index (χ3n) is 3.68. The first-order valence-corrected chi connectivity index (χ1v) is 7.43. The second-order valence-electron chi connectivity index (χ2n) is 4.95. The summed E-state index contributed by atoms with van der Waals surface area (Å²) in [7, 11) is 1.51. The largest absolute Gasteiger partial charge is 0.496 e. The van der Waals surface area contributed by atoms with E-state index in [9.17, 15) is 4.39 Å². The monoisotopic (exact) mass is 351 g/mol. The van der Waals surface area contributed by atoms with Crippen LogP contribution < -0.4 is 15.2 Å². The van der Waals surface area contributed by atoms with Crippen LogP contribution in [0.2, 0.25) is 0 Å². The molecule has 2 N–H and O–H groups in total. The van der Waals surface area contributed by atoms with Crippen molar-refractivity contribution in [2.75, 3.05) is 13.7 Å². The molecule has 2 aromatic carbocycles. The number of halogens is 2. The number of benzene rings is 2. The molecule has 1 unspecified atom stereocenters. The molecule has 21 heavy (non-hydrogen) atoms. The van der Waals surface area contributed by atoms with Gasteiger partial charge in [-0.15, -0.1) is 0 Å². The summed E-state index contributed by atoms with van der Waals surface area (Å²) < 4.78 is 24.7. The Hall–Kier alpha value is -1.59. The average Bonchev–Trinajstić information content (AvgIpc) is 2.96. The molecule has 3 rings (SSSR count). The van der Waals surface area contributed by atoms with Gasteiger partial charge < -0.3 is 15.2 Å². The van der Waals surface area contributed by atoms with Crippen molar-refractivity contribution in [2.24, 2.45) is 5.73 Å². The van der Waals surface area contributed by atoms with Crippen LogP contribution in [0.3, 0.4) is 0 Å². The first kappa shape index (κ1) is 14.4. The van der Waals surface area contributed by atoms with Gasteiger partial charge in [0.25, 0.3) is 0 Å². The van der Waals surface area contributed by atoms with Crippen LogP contribution in [0.5, 0.6) is 11.5 Å². The highest BCUT2D eigenvalue weighted by molar-refractivity contribution is 9.10. The van der Waals surface area contributed by atoms with Crippen molar-refractivity contribution in [1.82, 2.24) is 0 Å². The van der Waals surface area contributed by atoms with E-state index in [-0.39, 0.29) is 11.9 Å². The molecule has 1 aliphatic heterocycles. The molecule has 5 heteroatoms. The van der Waals surface area contributed by atoms with E-state index in [1.807, 2.05) is 18.2 Å². The van der Waals surface area contributed by atoms with Crippen LogP contribution in [0.15, 0.2) is 34.8 Å². The molecule has 0 saturated carbocycles. The Morgan fingerprint density at radius 3 is 2.90 bits per heavy atom. The number of fused-ring (bicyclic) bond motifs is 1. The summed E-state index contributed by atoms with van der Waals surface area (Å²) in [4.78, 5) is 0. The first-order chi connectivity index (χ1) is 10.1. The molecule has 2 aromatic rings.